The summed E-state index contributed by atoms with van der Waals surface area (Å²) in [4.78, 5) is 0. The Morgan fingerprint density at radius 2 is 1.07 bits per heavy atom. The molecule has 1 rings (SSSR count). The highest BCUT2D eigenvalue weighted by atomic mass is 35.5. The number of methoxy groups -OCH3 is 1. The Labute approximate surface area is 108 Å². The zero-order valence-electron chi connectivity index (χ0n) is 7.38. The summed E-state index contributed by atoms with van der Waals surface area (Å²) in [5, 5.41) is 1.23. The standard InChI is InChI=1S/C6HCl5.C2H6O/c7-2-1-3(8)5(10)6(11)4(2)9;1-3-2/h1H;1-2H3. The Morgan fingerprint density at radius 1 is 0.786 bits per heavy atom. The predicted octanol–water partition coefficient (Wildman–Crippen LogP) is 5.22. The second-order valence-corrected chi connectivity index (χ2v) is 4.14. The SMILES string of the molecule is COC.Clc1cc(Cl)c(Cl)c(Cl)c1Cl. The van der Waals surface area contributed by atoms with Crippen LogP contribution < -0.4 is 0 Å². The summed E-state index contributed by atoms with van der Waals surface area (Å²) < 4.78 is 4.25. The van der Waals surface area contributed by atoms with Crippen molar-refractivity contribution in [1.29, 1.82) is 0 Å². The number of hydrogen-bond acceptors (Lipinski definition) is 1. The van der Waals surface area contributed by atoms with Gasteiger partial charge in [0.15, 0.2) is 0 Å². The van der Waals surface area contributed by atoms with Gasteiger partial charge in [-0.25, -0.2) is 0 Å². The molecule has 1 nitrogen and oxygen atoms in total. The third-order valence-corrected chi connectivity index (χ3v) is 3.20. The Kier molecular flexibility index (Phi) is 7.31. The molecular formula is C8H7Cl5O. The molecule has 14 heavy (non-hydrogen) atoms. The molecule has 0 N–H and O–H groups in total. The smallest absolute Gasteiger partial charge is 0.0808 e. The third-order valence-electron chi connectivity index (χ3n) is 1.06. The molecule has 0 atom stereocenters. The van der Waals surface area contributed by atoms with E-state index >= 15 is 0 Å². The van der Waals surface area contributed by atoms with Gasteiger partial charge in [-0.3, -0.25) is 0 Å². The first-order valence-electron chi connectivity index (χ1n) is 3.34. The summed E-state index contributed by atoms with van der Waals surface area (Å²) in [6, 6.07) is 1.44. The van der Waals surface area contributed by atoms with E-state index in [1.54, 1.807) is 14.2 Å². The van der Waals surface area contributed by atoms with Crippen molar-refractivity contribution in [3.05, 3.63) is 31.2 Å². The topological polar surface area (TPSA) is 9.23 Å². The minimum absolute atomic E-state index is 0.186. The van der Waals surface area contributed by atoms with Gasteiger partial charge in [-0.05, 0) is 6.07 Å². The van der Waals surface area contributed by atoms with Gasteiger partial charge in [0.1, 0.15) is 0 Å². The first-order valence-corrected chi connectivity index (χ1v) is 5.23. The van der Waals surface area contributed by atoms with Crippen LogP contribution in [-0.2, 0) is 4.74 Å². The second kappa shape index (κ2) is 7.00. The van der Waals surface area contributed by atoms with Crippen LogP contribution in [0.2, 0.25) is 25.1 Å². The fraction of sp³-hybridized carbons (Fsp3) is 0.250. The minimum Gasteiger partial charge on any atom is -0.388 e. The lowest BCUT2D eigenvalue weighted by atomic mass is 10.3. The summed E-state index contributed by atoms with van der Waals surface area (Å²) in [7, 11) is 3.25. The molecule has 1 aromatic rings. The van der Waals surface area contributed by atoms with E-state index in [2.05, 4.69) is 4.74 Å². The summed E-state index contributed by atoms with van der Waals surface area (Å²) in [5.74, 6) is 0. The highest BCUT2D eigenvalue weighted by Gasteiger charge is 2.10. The van der Waals surface area contributed by atoms with Gasteiger partial charge in [0, 0.05) is 14.2 Å². The van der Waals surface area contributed by atoms with Gasteiger partial charge < -0.3 is 4.74 Å². The van der Waals surface area contributed by atoms with Crippen molar-refractivity contribution in [3.8, 4) is 0 Å². The molecule has 0 aliphatic carbocycles. The molecule has 0 saturated heterocycles. The lowest BCUT2D eigenvalue weighted by molar-refractivity contribution is 0.277. The maximum Gasteiger partial charge on any atom is 0.0808 e. The van der Waals surface area contributed by atoms with Crippen LogP contribution in [0.25, 0.3) is 0 Å². The van der Waals surface area contributed by atoms with Crippen molar-refractivity contribution in [1.82, 2.24) is 0 Å². The van der Waals surface area contributed by atoms with Gasteiger partial charge in [0.05, 0.1) is 25.1 Å². The number of halogens is 5. The molecule has 0 heterocycles. The van der Waals surface area contributed by atoms with Crippen molar-refractivity contribution in [2.24, 2.45) is 0 Å². The molecule has 0 aliphatic heterocycles. The molecule has 0 radical (unpaired) electrons. The normalized spacial score (nSPS) is 9.36. The van der Waals surface area contributed by atoms with Crippen molar-refractivity contribution < 1.29 is 4.74 Å². The van der Waals surface area contributed by atoms with Crippen LogP contribution in [0.15, 0.2) is 6.07 Å². The van der Waals surface area contributed by atoms with Gasteiger partial charge in [-0.15, -0.1) is 0 Å². The second-order valence-electron chi connectivity index (χ2n) is 2.19. The zero-order valence-corrected chi connectivity index (χ0v) is 11.2. The van der Waals surface area contributed by atoms with Crippen LogP contribution in [0.3, 0.4) is 0 Å². The number of benzene rings is 1. The molecule has 0 fully saturated rings. The third kappa shape index (κ3) is 4.01. The highest BCUT2D eigenvalue weighted by Crippen LogP contribution is 2.40. The highest BCUT2D eigenvalue weighted by molar-refractivity contribution is 6.54. The summed E-state index contributed by atoms with van der Waals surface area (Å²) in [6.07, 6.45) is 0. The number of rotatable bonds is 0. The average molecular weight is 296 g/mol. The van der Waals surface area contributed by atoms with E-state index in [1.807, 2.05) is 0 Å². The van der Waals surface area contributed by atoms with Crippen LogP contribution in [0.4, 0.5) is 0 Å². The minimum atomic E-state index is 0.186. The lowest BCUT2D eigenvalue weighted by Gasteiger charge is -2.02. The lowest BCUT2D eigenvalue weighted by Crippen LogP contribution is -1.75. The van der Waals surface area contributed by atoms with Crippen molar-refractivity contribution >= 4 is 58.0 Å². The molecule has 0 bridgehead atoms. The summed E-state index contributed by atoms with van der Waals surface area (Å²) in [5.41, 5.74) is 0. The first-order chi connectivity index (χ1) is 6.45. The molecule has 0 spiro atoms. The fourth-order valence-electron chi connectivity index (χ4n) is 0.544. The molecule has 1 aromatic carbocycles. The monoisotopic (exact) mass is 294 g/mol. The van der Waals surface area contributed by atoms with Gasteiger partial charge in [-0.1, -0.05) is 58.0 Å². The van der Waals surface area contributed by atoms with E-state index in [1.165, 1.54) is 6.07 Å². The quantitative estimate of drug-likeness (QED) is 0.471. The van der Waals surface area contributed by atoms with E-state index in [0.29, 0.717) is 10.0 Å². The molecule has 80 valence electrons. The summed E-state index contributed by atoms with van der Waals surface area (Å²) >= 11 is 28.2. The van der Waals surface area contributed by atoms with Crippen molar-refractivity contribution in [3.63, 3.8) is 0 Å². The maximum atomic E-state index is 5.66. The van der Waals surface area contributed by atoms with E-state index < -0.39 is 0 Å². The average Bonchev–Trinajstić information content (AvgIpc) is 2.13. The number of ether oxygens (including phenoxy) is 1. The van der Waals surface area contributed by atoms with E-state index in [9.17, 15) is 0 Å². The first kappa shape index (κ1) is 14.6. The van der Waals surface area contributed by atoms with Gasteiger partial charge in [-0.2, -0.15) is 0 Å². The Hall–Kier alpha value is 0.630. The van der Waals surface area contributed by atoms with Crippen LogP contribution in [0.1, 0.15) is 0 Å². The molecule has 0 amide bonds. The van der Waals surface area contributed by atoms with Gasteiger partial charge >= 0.3 is 0 Å². The fourth-order valence-corrected chi connectivity index (χ4v) is 1.65. The number of hydrogen-bond donors (Lipinski definition) is 0. The van der Waals surface area contributed by atoms with Gasteiger partial charge in [0.2, 0.25) is 0 Å². The Bertz CT molecular complexity index is 287. The van der Waals surface area contributed by atoms with Crippen LogP contribution in [-0.4, -0.2) is 14.2 Å². The largest absolute Gasteiger partial charge is 0.388 e. The molecular weight excluding hydrogens is 289 g/mol. The Morgan fingerprint density at radius 3 is 1.36 bits per heavy atom. The zero-order chi connectivity index (χ0) is 11.3. The van der Waals surface area contributed by atoms with Crippen LogP contribution in [0.5, 0.6) is 0 Å². The van der Waals surface area contributed by atoms with E-state index in [-0.39, 0.29) is 15.1 Å². The molecule has 0 unspecified atom stereocenters. The predicted molar refractivity (Wildman–Crippen MR) is 64.4 cm³/mol. The van der Waals surface area contributed by atoms with Crippen LogP contribution in [0, 0.1) is 0 Å². The summed E-state index contributed by atoms with van der Waals surface area (Å²) in [6.45, 7) is 0. The molecule has 6 heteroatoms. The maximum absolute atomic E-state index is 5.66. The van der Waals surface area contributed by atoms with Crippen molar-refractivity contribution in [2.45, 2.75) is 0 Å². The van der Waals surface area contributed by atoms with E-state index in [0.717, 1.165) is 0 Å². The molecule has 0 aliphatic rings. The van der Waals surface area contributed by atoms with Crippen molar-refractivity contribution in [2.75, 3.05) is 14.2 Å². The van der Waals surface area contributed by atoms with Gasteiger partial charge in [0.25, 0.3) is 0 Å². The molecule has 0 saturated carbocycles. The Balaban J connectivity index is 0.000000500. The molecule has 0 aromatic heterocycles. The van der Waals surface area contributed by atoms with E-state index in [4.69, 9.17) is 58.0 Å². The van der Waals surface area contributed by atoms with Crippen LogP contribution >= 0.6 is 58.0 Å².